The van der Waals surface area contributed by atoms with Gasteiger partial charge in [-0.3, -0.25) is 4.79 Å². The van der Waals surface area contributed by atoms with Crippen LogP contribution in [0.25, 0.3) is 17.3 Å². The lowest BCUT2D eigenvalue weighted by atomic mass is 10.2. The van der Waals surface area contributed by atoms with E-state index in [1.54, 1.807) is 44.8 Å². The average Bonchev–Trinajstić information content (AvgIpc) is 3.26. The number of ether oxygens (including phenoxy) is 3. The number of carbonyl (C=O) groups excluding carboxylic acids is 1. The van der Waals surface area contributed by atoms with Crippen molar-refractivity contribution in [2.75, 3.05) is 27.9 Å². The largest absolute Gasteiger partial charge is 0.497 e. The minimum atomic E-state index is -0.156. The summed E-state index contributed by atoms with van der Waals surface area (Å²) in [5.41, 5.74) is 2.82. The van der Waals surface area contributed by atoms with Gasteiger partial charge in [-0.1, -0.05) is 6.07 Å². The Hall–Kier alpha value is -3.32. The highest BCUT2D eigenvalue weighted by Gasteiger charge is 2.06. The Labute approximate surface area is 180 Å². The first-order valence-corrected chi connectivity index (χ1v) is 10.3. The number of carbonyl (C=O) groups is 1. The molecule has 0 fully saturated rings. The van der Waals surface area contributed by atoms with E-state index in [1.165, 1.54) is 6.08 Å². The van der Waals surface area contributed by atoms with E-state index < -0.39 is 0 Å². The molecule has 0 saturated heterocycles. The highest BCUT2D eigenvalue weighted by molar-refractivity contribution is 7.09. The lowest BCUT2D eigenvalue weighted by molar-refractivity contribution is -0.116. The molecular formula is C23H24N2O4S. The minimum Gasteiger partial charge on any atom is -0.497 e. The average molecular weight is 425 g/mol. The van der Waals surface area contributed by atoms with Crippen molar-refractivity contribution in [2.45, 2.75) is 6.42 Å². The molecule has 1 heterocycles. The van der Waals surface area contributed by atoms with Crippen LogP contribution in [0, 0.1) is 0 Å². The van der Waals surface area contributed by atoms with E-state index in [0.29, 0.717) is 24.5 Å². The van der Waals surface area contributed by atoms with E-state index in [9.17, 15) is 4.79 Å². The molecule has 156 valence electrons. The number of hydrogen-bond donors (Lipinski definition) is 1. The Bertz CT molecular complexity index is 1010. The second-order valence-electron chi connectivity index (χ2n) is 6.34. The van der Waals surface area contributed by atoms with Crippen molar-refractivity contribution < 1.29 is 19.0 Å². The molecule has 6 nitrogen and oxygen atoms in total. The molecule has 0 atom stereocenters. The molecule has 0 aliphatic rings. The Morgan fingerprint density at radius 2 is 1.80 bits per heavy atom. The van der Waals surface area contributed by atoms with Gasteiger partial charge in [0.2, 0.25) is 5.91 Å². The van der Waals surface area contributed by atoms with E-state index in [-0.39, 0.29) is 5.91 Å². The molecule has 1 aromatic heterocycles. The number of nitrogens with one attached hydrogen (secondary N) is 1. The fourth-order valence-electron chi connectivity index (χ4n) is 2.80. The number of benzene rings is 2. The Balaban J connectivity index is 1.50. The van der Waals surface area contributed by atoms with Crippen molar-refractivity contribution >= 4 is 23.3 Å². The molecular weight excluding hydrogens is 400 g/mol. The smallest absolute Gasteiger partial charge is 0.244 e. The van der Waals surface area contributed by atoms with Crippen molar-refractivity contribution in [1.82, 2.24) is 10.3 Å². The Kier molecular flexibility index (Phi) is 7.45. The molecule has 0 radical (unpaired) electrons. The molecule has 0 bridgehead atoms. The van der Waals surface area contributed by atoms with Gasteiger partial charge >= 0.3 is 0 Å². The first-order chi connectivity index (χ1) is 14.6. The Morgan fingerprint density at radius 1 is 1.03 bits per heavy atom. The van der Waals surface area contributed by atoms with Crippen LogP contribution in [0.4, 0.5) is 0 Å². The molecule has 1 amide bonds. The summed E-state index contributed by atoms with van der Waals surface area (Å²) in [6.07, 6.45) is 3.92. The zero-order valence-corrected chi connectivity index (χ0v) is 18.0. The predicted octanol–water partition coefficient (Wildman–Crippen LogP) is 4.21. The van der Waals surface area contributed by atoms with Crippen LogP contribution < -0.4 is 19.5 Å². The number of amides is 1. The van der Waals surface area contributed by atoms with Crippen molar-refractivity contribution in [3.05, 3.63) is 64.5 Å². The molecule has 0 aliphatic carbocycles. The quantitative estimate of drug-likeness (QED) is 0.521. The van der Waals surface area contributed by atoms with E-state index in [0.717, 1.165) is 27.6 Å². The lowest BCUT2D eigenvalue weighted by Crippen LogP contribution is -2.23. The molecule has 0 saturated carbocycles. The number of nitrogens with zero attached hydrogens (tertiary/aromatic N) is 1. The molecule has 30 heavy (non-hydrogen) atoms. The molecule has 0 spiro atoms. The summed E-state index contributed by atoms with van der Waals surface area (Å²) in [5.74, 6) is 1.93. The van der Waals surface area contributed by atoms with Gasteiger partial charge in [0, 0.05) is 30.0 Å². The van der Waals surface area contributed by atoms with Gasteiger partial charge in [-0.05, 0) is 48.0 Å². The van der Waals surface area contributed by atoms with Gasteiger partial charge in [0.25, 0.3) is 0 Å². The molecule has 1 N–H and O–H groups in total. The molecule has 0 aliphatic heterocycles. The minimum absolute atomic E-state index is 0.156. The maximum Gasteiger partial charge on any atom is 0.244 e. The van der Waals surface area contributed by atoms with Gasteiger partial charge in [-0.2, -0.15) is 0 Å². The van der Waals surface area contributed by atoms with Crippen LogP contribution in [0.1, 0.15) is 10.6 Å². The third-order valence-electron chi connectivity index (χ3n) is 4.41. The van der Waals surface area contributed by atoms with E-state index in [4.69, 9.17) is 14.2 Å². The molecule has 3 aromatic rings. The number of thiazole rings is 1. The normalized spacial score (nSPS) is 10.8. The van der Waals surface area contributed by atoms with Crippen LogP contribution in [-0.4, -0.2) is 38.8 Å². The topological polar surface area (TPSA) is 69.7 Å². The summed E-state index contributed by atoms with van der Waals surface area (Å²) in [5, 5.41) is 5.89. The number of rotatable bonds is 9. The monoisotopic (exact) mass is 424 g/mol. The fourth-order valence-corrected chi connectivity index (χ4v) is 3.61. The number of methoxy groups -OCH3 is 3. The standard InChI is InChI=1S/C23H24N2O4S/c1-27-18-8-6-17(7-9-18)19-15-30-23(25-19)12-13-24-22(26)11-5-16-4-10-20(28-2)21(14-16)29-3/h4-11,14-15H,12-13H2,1-3H3,(H,24,26)/b11-5+. The van der Waals surface area contributed by atoms with Gasteiger partial charge in [0.15, 0.2) is 11.5 Å². The van der Waals surface area contributed by atoms with E-state index in [2.05, 4.69) is 10.3 Å². The van der Waals surface area contributed by atoms with Crippen molar-refractivity contribution in [3.63, 3.8) is 0 Å². The van der Waals surface area contributed by atoms with Crippen LogP contribution in [0.15, 0.2) is 53.9 Å². The van der Waals surface area contributed by atoms with Crippen LogP contribution in [0.2, 0.25) is 0 Å². The number of aromatic nitrogens is 1. The first-order valence-electron chi connectivity index (χ1n) is 9.39. The maximum atomic E-state index is 12.1. The fraction of sp³-hybridized carbons (Fsp3) is 0.217. The van der Waals surface area contributed by atoms with Crippen molar-refractivity contribution in [2.24, 2.45) is 0 Å². The molecule has 0 unspecified atom stereocenters. The second kappa shape index (κ2) is 10.5. The van der Waals surface area contributed by atoms with Crippen molar-refractivity contribution in [3.8, 4) is 28.5 Å². The summed E-state index contributed by atoms with van der Waals surface area (Å²) in [4.78, 5) is 16.7. The molecule has 2 aromatic carbocycles. The van der Waals surface area contributed by atoms with Gasteiger partial charge in [0.05, 0.1) is 32.0 Å². The highest BCUT2D eigenvalue weighted by atomic mass is 32.1. The summed E-state index contributed by atoms with van der Waals surface area (Å²) in [6.45, 7) is 0.519. The summed E-state index contributed by atoms with van der Waals surface area (Å²) >= 11 is 1.59. The summed E-state index contributed by atoms with van der Waals surface area (Å²) in [6, 6.07) is 13.3. The summed E-state index contributed by atoms with van der Waals surface area (Å²) < 4.78 is 15.7. The van der Waals surface area contributed by atoms with Crippen LogP contribution in [0.5, 0.6) is 17.2 Å². The zero-order valence-electron chi connectivity index (χ0n) is 17.2. The van der Waals surface area contributed by atoms with Crippen LogP contribution in [-0.2, 0) is 11.2 Å². The third kappa shape index (κ3) is 5.61. The van der Waals surface area contributed by atoms with Gasteiger partial charge in [-0.15, -0.1) is 11.3 Å². The second-order valence-corrected chi connectivity index (χ2v) is 7.29. The lowest BCUT2D eigenvalue weighted by Gasteiger charge is -2.07. The molecule has 7 heteroatoms. The van der Waals surface area contributed by atoms with E-state index in [1.807, 2.05) is 41.8 Å². The Morgan fingerprint density at radius 3 is 2.50 bits per heavy atom. The van der Waals surface area contributed by atoms with Crippen LogP contribution >= 0.6 is 11.3 Å². The van der Waals surface area contributed by atoms with Gasteiger partial charge < -0.3 is 19.5 Å². The highest BCUT2D eigenvalue weighted by Crippen LogP contribution is 2.28. The number of hydrogen-bond acceptors (Lipinski definition) is 6. The van der Waals surface area contributed by atoms with Gasteiger partial charge in [0.1, 0.15) is 5.75 Å². The predicted molar refractivity (Wildman–Crippen MR) is 119 cm³/mol. The van der Waals surface area contributed by atoms with Gasteiger partial charge in [-0.25, -0.2) is 4.98 Å². The SMILES string of the molecule is COc1ccc(-c2csc(CCNC(=O)/C=C/c3ccc(OC)c(OC)c3)n2)cc1. The van der Waals surface area contributed by atoms with E-state index >= 15 is 0 Å². The zero-order chi connectivity index (χ0) is 21.3. The van der Waals surface area contributed by atoms with Crippen LogP contribution in [0.3, 0.4) is 0 Å². The summed E-state index contributed by atoms with van der Waals surface area (Å²) in [7, 11) is 4.81. The van der Waals surface area contributed by atoms with Crippen molar-refractivity contribution in [1.29, 1.82) is 0 Å². The third-order valence-corrected chi connectivity index (χ3v) is 5.32. The maximum absolute atomic E-state index is 12.1. The molecule has 3 rings (SSSR count). The first kappa shape index (κ1) is 21.4.